The molecule has 3 nitrogen and oxygen atoms in total. The fourth-order valence-electron chi connectivity index (χ4n) is 0.801. The largest absolute Gasteiger partial charge is 0.491 e. The van der Waals surface area contributed by atoms with E-state index in [9.17, 15) is 4.79 Å². The molecular weight excluding hydrogens is 212 g/mol. The van der Waals surface area contributed by atoms with Crippen LogP contribution in [0.3, 0.4) is 0 Å². The number of carbonyl (C=O) groups excluding carboxylic acids is 1. The third-order valence-corrected chi connectivity index (χ3v) is 2.36. The standard InChI is InChI=1S/C8H9ClO3S/c1-11-8(10)7-6(2-5-13-7)12-4-3-9/h2,5H,3-4H2,1H3. The summed E-state index contributed by atoms with van der Waals surface area (Å²) in [6, 6.07) is 1.73. The van der Waals surface area contributed by atoms with Gasteiger partial charge in [0, 0.05) is 0 Å². The van der Waals surface area contributed by atoms with Gasteiger partial charge in [0.15, 0.2) is 4.88 Å². The van der Waals surface area contributed by atoms with Crippen LogP contribution >= 0.6 is 22.9 Å². The molecular formula is C8H9ClO3S. The second-order valence-electron chi connectivity index (χ2n) is 2.14. The molecule has 0 amide bonds. The Kier molecular flexibility index (Phi) is 4.05. The maximum absolute atomic E-state index is 11.1. The monoisotopic (exact) mass is 220 g/mol. The minimum atomic E-state index is -0.375. The Hall–Kier alpha value is -0.740. The van der Waals surface area contributed by atoms with Gasteiger partial charge in [0.25, 0.3) is 0 Å². The van der Waals surface area contributed by atoms with Crippen LogP contribution in [0.2, 0.25) is 0 Å². The number of halogens is 1. The van der Waals surface area contributed by atoms with Crippen LogP contribution in [0.5, 0.6) is 5.75 Å². The summed E-state index contributed by atoms with van der Waals surface area (Å²) >= 11 is 6.74. The fraction of sp³-hybridized carbons (Fsp3) is 0.375. The van der Waals surface area contributed by atoms with Gasteiger partial charge in [0.1, 0.15) is 12.4 Å². The lowest BCUT2D eigenvalue weighted by Crippen LogP contribution is -2.04. The average Bonchev–Trinajstić information content (AvgIpc) is 2.61. The molecule has 1 rings (SSSR count). The van der Waals surface area contributed by atoms with Crippen molar-refractivity contribution in [3.63, 3.8) is 0 Å². The van der Waals surface area contributed by atoms with Crippen molar-refractivity contribution in [2.45, 2.75) is 0 Å². The Morgan fingerprint density at radius 2 is 2.46 bits per heavy atom. The summed E-state index contributed by atoms with van der Waals surface area (Å²) in [5.74, 6) is 0.563. The molecule has 0 radical (unpaired) electrons. The van der Waals surface area contributed by atoms with Gasteiger partial charge in [-0.25, -0.2) is 4.79 Å². The van der Waals surface area contributed by atoms with E-state index in [-0.39, 0.29) is 5.97 Å². The van der Waals surface area contributed by atoms with Gasteiger partial charge in [-0.1, -0.05) is 0 Å². The first-order chi connectivity index (χ1) is 6.29. The highest BCUT2D eigenvalue weighted by molar-refractivity contribution is 7.12. The first-order valence-corrected chi connectivity index (χ1v) is 5.05. The molecule has 0 atom stereocenters. The maximum atomic E-state index is 11.1. The van der Waals surface area contributed by atoms with Crippen LogP contribution < -0.4 is 4.74 Å². The highest BCUT2D eigenvalue weighted by atomic mass is 35.5. The summed E-state index contributed by atoms with van der Waals surface area (Å²) in [4.78, 5) is 11.6. The first kappa shape index (κ1) is 10.3. The van der Waals surface area contributed by atoms with E-state index in [1.54, 1.807) is 11.4 Å². The van der Waals surface area contributed by atoms with Gasteiger partial charge < -0.3 is 9.47 Å². The molecule has 0 spiro atoms. The first-order valence-electron chi connectivity index (χ1n) is 3.64. The molecule has 1 heterocycles. The summed E-state index contributed by atoms with van der Waals surface area (Å²) in [5, 5.41) is 1.77. The van der Waals surface area contributed by atoms with E-state index in [2.05, 4.69) is 4.74 Å². The lowest BCUT2D eigenvalue weighted by molar-refractivity contribution is 0.0602. The van der Waals surface area contributed by atoms with Gasteiger partial charge in [0.05, 0.1) is 13.0 Å². The zero-order valence-corrected chi connectivity index (χ0v) is 8.65. The van der Waals surface area contributed by atoms with E-state index in [1.165, 1.54) is 18.4 Å². The second kappa shape index (κ2) is 5.09. The van der Waals surface area contributed by atoms with Crippen molar-refractivity contribution in [3.8, 4) is 5.75 Å². The quantitative estimate of drug-likeness (QED) is 0.576. The Balaban J connectivity index is 2.71. The Labute approximate surface area is 85.2 Å². The Morgan fingerprint density at radius 1 is 1.69 bits per heavy atom. The molecule has 0 N–H and O–H groups in total. The van der Waals surface area contributed by atoms with Crippen molar-refractivity contribution in [2.75, 3.05) is 19.6 Å². The van der Waals surface area contributed by atoms with E-state index in [0.29, 0.717) is 23.1 Å². The molecule has 0 aliphatic heterocycles. The third-order valence-electron chi connectivity index (χ3n) is 1.33. The summed E-state index contributed by atoms with van der Waals surface area (Å²) in [6.07, 6.45) is 0. The number of esters is 1. The van der Waals surface area contributed by atoms with E-state index in [0.717, 1.165) is 0 Å². The molecule has 72 valence electrons. The molecule has 0 saturated heterocycles. The third kappa shape index (κ3) is 2.60. The van der Waals surface area contributed by atoms with Crippen LogP contribution in [0.1, 0.15) is 9.67 Å². The molecule has 13 heavy (non-hydrogen) atoms. The smallest absolute Gasteiger partial charge is 0.351 e. The van der Waals surface area contributed by atoms with Crippen LogP contribution in [0.4, 0.5) is 0 Å². The fourth-order valence-corrected chi connectivity index (χ4v) is 1.63. The molecule has 0 unspecified atom stereocenters. The number of hydrogen-bond acceptors (Lipinski definition) is 4. The number of carbonyl (C=O) groups is 1. The molecule has 0 aromatic carbocycles. The van der Waals surface area contributed by atoms with Crippen LogP contribution in [-0.2, 0) is 4.74 Å². The molecule has 0 fully saturated rings. The Bertz CT molecular complexity index is 285. The Morgan fingerprint density at radius 3 is 3.08 bits per heavy atom. The van der Waals surface area contributed by atoms with Gasteiger partial charge in [-0.15, -0.1) is 22.9 Å². The topological polar surface area (TPSA) is 35.5 Å². The molecule has 0 saturated carbocycles. The number of thiophene rings is 1. The SMILES string of the molecule is COC(=O)c1sccc1OCCCl. The van der Waals surface area contributed by atoms with Gasteiger partial charge >= 0.3 is 5.97 Å². The molecule has 5 heteroatoms. The van der Waals surface area contributed by atoms with Crippen LogP contribution in [-0.4, -0.2) is 25.6 Å². The average molecular weight is 221 g/mol. The highest BCUT2D eigenvalue weighted by Crippen LogP contribution is 2.25. The maximum Gasteiger partial charge on any atom is 0.351 e. The number of alkyl halides is 1. The second-order valence-corrected chi connectivity index (χ2v) is 3.44. The number of methoxy groups -OCH3 is 1. The summed E-state index contributed by atoms with van der Waals surface area (Å²) in [5.41, 5.74) is 0. The van der Waals surface area contributed by atoms with E-state index in [1.807, 2.05) is 0 Å². The van der Waals surface area contributed by atoms with Crippen molar-refractivity contribution < 1.29 is 14.3 Å². The minimum Gasteiger partial charge on any atom is -0.491 e. The lowest BCUT2D eigenvalue weighted by atomic mass is 10.4. The number of ether oxygens (including phenoxy) is 2. The van der Waals surface area contributed by atoms with Crippen molar-refractivity contribution in [2.24, 2.45) is 0 Å². The normalized spacial score (nSPS) is 9.69. The molecule has 1 aromatic heterocycles. The van der Waals surface area contributed by atoms with Gasteiger partial charge in [-0.2, -0.15) is 0 Å². The number of rotatable bonds is 4. The van der Waals surface area contributed by atoms with Gasteiger partial charge in [-0.05, 0) is 11.4 Å². The summed E-state index contributed by atoms with van der Waals surface area (Å²) in [7, 11) is 1.34. The van der Waals surface area contributed by atoms with Crippen molar-refractivity contribution in [3.05, 3.63) is 16.3 Å². The van der Waals surface area contributed by atoms with Gasteiger partial charge in [0.2, 0.25) is 0 Å². The zero-order chi connectivity index (χ0) is 9.68. The van der Waals surface area contributed by atoms with Gasteiger partial charge in [-0.3, -0.25) is 0 Å². The molecule has 0 bridgehead atoms. The highest BCUT2D eigenvalue weighted by Gasteiger charge is 2.14. The van der Waals surface area contributed by atoms with E-state index in [4.69, 9.17) is 16.3 Å². The lowest BCUT2D eigenvalue weighted by Gasteiger charge is -2.03. The molecule has 0 aliphatic rings. The minimum absolute atomic E-state index is 0.375. The molecule has 0 aliphatic carbocycles. The summed E-state index contributed by atoms with van der Waals surface area (Å²) in [6.45, 7) is 0.391. The predicted molar refractivity (Wildman–Crippen MR) is 51.9 cm³/mol. The van der Waals surface area contributed by atoms with Crippen LogP contribution in [0.25, 0.3) is 0 Å². The van der Waals surface area contributed by atoms with Crippen molar-refractivity contribution in [1.29, 1.82) is 0 Å². The van der Waals surface area contributed by atoms with Crippen molar-refractivity contribution >= 4 is 28.9 Å². The van der Waals surface area contributed by atoms with E-state index >= 15 is 0 Å². The molecule has 1 aromatic rings. The van der Waals surface area contributed by atoms with Crippen molar-refractivity contribution in [1.82, 2.24) is 0 Å². The van der Waals surface area contributed by atoms with E-state index < -0.39 is 0 Å². The predicted octanol–water partition coefficient (Wildman–Crippen LogP) is 2.15. The number of hydrogen-bond donors (Lipinski definition) is 0. The van der Waals surface area contributed by atoms with Crippen LogP contribution in [0.15, 0.2) is 11.4 Å². The van der Waals surface area contributed by atoms with Crippen LogP contribution in [0, 0.1) is 0 Å². The zero-order valence-electron chi connectivity index (χ0n) is 7.08. The summed E-state index contributed by atoms with van der Waals surface area (Å²) < 4.78 is 9.80.